The SMILES string of the molecule is CCCN(CCO)C(=O)c1ccc(C(F)(F)F)cc1. The van der Waals surface area contributed by atoms with E-state index in [1.807, 2.05) is 6.92 Å². The number of amides is 1. The Bertz CT molecular complexity index is 409. The van der Waals surface area contributed by atoms with Gasteiger partial charge in [0.1, 0.15) is 0 Å². The van der Waals surface area contributed by atoms with E-state index in [1.165, 1.54) is 4.90 Å². The molecular formula is C13H16F3NO2. The van der Waals surface area contributed by atoms with Crippen LogP contribution < -0.4 is 0 Å². The molecule has 19 heavy (non-hydrogen) atoms. The van der Waals surface area contributed by atoms with Crippen LogP contribution in [0.3, 0.4) is 0 Å². The Labute approximate surface area is 109 Å². The van der Waals surface area contributed by atoms with Crippen molar-refractivity contribution in [2.45, 2.75) is 19.5 Å². The number of hydrogen-bond donors (Lipinski definition) is 1. The average molecular weight is 275 g/mol. The van der Waals surface area contributed by atoms with E-state index in [2.05, 4.69) is 0 Å². The second kappa shape index (κ2) is 6.56. The predicted octanol–water partition coefficient (Wildman–Crippen LogP) is 2.55. The van der Waals surface area contributed by atoms with Gasteiger partial charge in [-0.3, -0.25) is 4.79 Å². The average Bonchev–Trinajstić information content (AvgIpc) is 2.37. The lowest BCUT2D eigenvalue weighted by Gasteiger charge is -2.21. The van der Waals surface area contributed by atoms with Crippen LogP contribution in [0.25, 0.3) is 0 Å². The van der Waals surface area contributed by atoms with Gasteiger partial charge in [-0.15, -0.1) is 0 Å². The van der Waals surface area contributed by atoms with Gasteiger partial charge in [-0.1, -0.05) is 6.92 Å². The van der Waals surface area contributed by atoms with Gasteiger partial charge in [-0.2, -0.15) is 13.2 Å². The lowest BCUT2D eigenvalue weighted by atomic mass is 10.1. The van der Waals surface area contributed by atoms with Gasteiger partial charge in [-0.05, 0) is 30.7 Å². The number of carbonyl (C=O) groups is 1. The molecule has 0 heterocycles. The van der Waals surface area contributed by atoms with Crippen molar-refractivity contribution in [2.24, 2.45) is 0 Å². The molecule has 1 amide bonds. The first-order chi connectivity index (χ1) is 8.90. The summed E-state index contributed by atoms with van der Waals surface area (Å²) in [6.45, 7) is 2.34. The molecule has 0 unspecified atom stereocenters. The lowest BCUT2D eigenvalue weighted by molar-refractivity contribution is -0.137. The molecular weight excluding hydrogens is 259 g/mol. The van der Waals surface area contributed by atoms with Gasteiger partial charge in [0.15, 0.2) is 0 Å². The Kier molecular flexibility index (Phi) is 5.35. The Balaban J connectivity index is 2.87. The maximum Gasteiger partial charge on any atom is 0.416 e. The number of nitrogens with zero attached hydrogens (tertiary/aromatic N) is 1. The molecule has 0 bridgehead atoms. The molecule has 3 nitrogen and oxygen atoms in total. The van der Waals surface area contributed by atoms with E-state index >= 15 is 0 Å². The van der Waals surface area contributed by atoms with Crippen molar-refractivity contribution in [1.82, 2.24) is 4.90 Å². The fourth-order valence-corrected chi connectivity index (χ4v) is 1.69. The maximum absolute atomic E-state index is 12.4. The summed E-state index contributed by atoms with van der Waals surface area (Å²) in [5.41, 5.74) is -0.594. The third-order valence-corrected chi connectivity index (χ3v) is 2.61. The first kappa shape index (κ1) is 15.5. The van der Waals surface area contributed by atoms with E-state index < -0.39 is 11.7 Å². The van der Waals surface area contributed by atoms with Gasteiger partial charge in [0.25, 0.3) is 5.91 Å². The van der Waals surface area contributed by atoms with Gasteiger partial charge < -0.3 is 10.0 Å². The summed E-state index contributed by atoms with van der Waals surface area (Å²) < 4.78 is 37.2. The number of rotatable bonds is 5. The van der Waals surface area contributed by atoms with Crippen LogP contribution in [-0.4, -0.2) is 35.6 Å². The first-order valence-corrected chi connectivity index (χ1v) is 5.97. The van der Waals surface area contributed by atoms with Crippen molar-refractivity contribution >= 4 is 5.91 Å². The highest BCUT2D eigenvalue weighted by atomic mass is 19.4. The molecule has 0 aliphatic rings. The van der Waals surface area contributed by atoms with E-state index in [-0.39, 0.29) is 24.6 Å². The topological polar surface area (TPSA) is 40.5 Å². The van der Waals surface area contributed by atoms with Crippen LogP contribution in [0.4, 0.5) is 13.2 Å². The minimum absolute atomic E-state index is 0.174. The summed E-state index contributed by atoms with van der Waals surface area (Å²) in [6, 6.07) is 4.09. The summed E-state index contributed by atoms with van der Waals surface area (Å²) in [5.74, 6) is -0.371. The molecule has 0 aliphatic heterocycles. The summed E-state index contributed by atoms with van der Waals surface area (Å²) in [7, 11) is 0. The quantitative estimate of drug-likeness (QED) is 0.897. The number of benzene rings is 1. The molecule has 0 saturated heterocycles. The summed E-state index contributed by atoms with van der Waals surface area (Å²) in [5, 5.41) is 8.87. The largest absolute Gasteiger partial charge is 0.416 e. The van der Waals surface area contributed by atoms with Gasteiger partial charge in [-0.25, -0.2) is 0 Å². The van der Waals surface area contributed by atoms with Crippen LogP contribution in [0.15, 0.2) is 24.3 Å². The zero-order chi connectivity index (χ0) is 14.5. The van der Waals surface area contributed by atoms with Crippen molar-refractivity contribution in [2.75, 3.05) is 19.7 Å². The Morgan fingerprint density at radius 2 is 1.79 bits per heavy atom. The summed E-state index contributed by atoms with van der Waals surface area (Å²) in [4.78, 5) is 13.4. The van der Waals surface area contributed by atoms with Crippen LogP contribution >= 0.6 is 0 Å². The highest BCUT2D eigenvalue weighted by Crippen LogP contribution is 2.29. The molecule has 1 N–H and O–H groups in total. The Morgan fingerprint density at radius 3 is 2.21 bits per heavy atom. The molecule has 0 atom stereocenters. The monoisotopic (exact) mass is 275 g/mol. The smallest absolute Gasteiger partial charge is 0.395 e. The molecule has 0 spiro atoms. The standard InChI is InChI=1S/C13H16F3NO2/c1-2-7-17(8-9-18)12(19)10-3-5-11(6-4-10)13(14,15)16/h3-6,18H,2,7-9H2,1H3. The summed E-state index contributed by atoms with van der Waals surface area (Å²) in [6.07, 6.45) is -3.69. The van der Waals surface area contributed by atoms with Crippen LogP contribution in [-0.2, 0) is 6.18 Å². The van der Waals surface area contributed by atoms with Crippen molar-refractivity contribution in [3.8, 4) is 0 Å². The van der Waals surface area contributed by atoms with Gasteiger partial charge >= 0.3 is 6.18 Å². The maximum atomic E-state index is 12.4. The van der Waals surface area contributed by atoms with Crippen molar-refractivity contribution < 1.29 is 23.1 Å². The van der Waals surface area contributed by atoms with Crippen molar-refractivity contribution in [1.29, 1.82) is 0 Å². The van der Waals surface area contributed by atoms with E-state index in [0.29, 0.717) is 13.0 Å². The molecule has 0 aliphatic carbocycles. The predicted molar refractivity (Wildman–Crippen MR) is 64.7 cm³/mol. The molecule has 6 heteroatoms. The number of carbonyl (C=O) groups excluding carboxylic acids is 1. The minimum Gasteiger partial charge on any atom is -0.395 e. The number of aliphatic hydroxyl groups is 1. The number of alkyl halides is 3. The minimum atomic E-state index is -4.41. The van der Waals surface area contributed by atoms with Crippen molar-refractivity contribution in [3.63, 3.8) is 0 Å². The van der Waals surface area contributed by atoms with Crippen LogP contribution in [0.2, 0.25) is 0 Å². The normalized spacial score (nSPS) is 11.4. The molecule has 1 aromatic rings. The molecule has 1 aromatic carbocycles. The molecule has 0 fully saturated rings. The highest BCUT2D eigenvalue weighted by Gasteiger charge is 2.30. The van der Waals surface area contributed by atoms with E-state index in [0.717, 1.165) is 24.3 Å². The Hall–Kier alpha value is -1.56. The number of aliphatic hydroxyl groups excluding tert-OH is 1. The van der Waals surface area contributed by atoms with Gasteiger partial charge in [0, 0.05) is 18.7 Å². The third-order valence-electron chi connectivity index (χ3n) is 2.61. The van der Waals surface area contributed by atoms with Crippen molar-refractivity contribution in [3.05, 3.63) is 35.4 Å². The second-order valence-electron chi connectivity index (χ2n) is 4.09. The molecule has 0 saturated carbocycles. The highest BCUT2D eigenvalue weighted by molar-refractivity contribution is 5.94. The van der Waals surface area contributed by atoms with Crippen LogP contribution in [0.5, 0.6) is 0 Å². The molecule has 0 radical (unpaired) electrons. The number of halogens is 3. The van der Waals surface area contributed by atoms with Gasteiger partial charge in [0.2, 0.25) is 0 Å². The van der Waals surface area contributed by atoms with Crippen LogP contribution in [0.1, 0.15) is 29.3 Å². The zero-order valence-corrected chi connectivity index (χ0v) is 10.6. The lowest BCUT2D eigenvalue weighted by Crippen LogP contribution is -2.34. The molecule has 0 aromatic heterocycles. The van der Waals surface area contributed by atoms with Gasteiger partial charge in [0.05, 0.1) is 12.2 Å². The molecule has 1 rings (SSSR count). The van der Waals surface area contributed by atoms with Crippen LogP contribution in [0, 0.1) is 0 Å². The van der Waals surface area contributed by atoms with E-state index in [1.54, 1.807) is 0 Å². The van der Waals surface area contributed by atoms with E-state index in [4.69, 9.17) is 5.11 Å². The number of hydrogen-bond acceptors (Lipinski definition) is 2. The second-order valence-corrected chi connectivity index (χ2v) is 4.09. The Morgan fingerprint density at radius 1 is 1.21 bits per heavy atom. The first-order valence-electron chi connectivity index (χ1n) is 5.97. The zero-order valence-electron chi connectivity index (χ0n) is 10.6. The third kappa shape index (κ3) is 4.24. The fourth-order valence-electron chi connectivity index (χ4n) is 1.69. The van der Waals surface area contributed by atoms with E-state index in [9.17, 15) is 18.0 Å². The fraction of sp³-hybridized carbons (Fsp3) is 0.462. The summed E-state index contributed by atoms with van der Waals surface area (Å²) >= 11 is 0. The molecule has 106 valence electrons.